The zero-order valence-corrected chi connectivity index (χ0v) is 13.7. The summed E-state index contributed by atoms with van der Waals surface area (Å²) in [5.41, 5.74) is 1.20. The molecule has 20 heavy (non-hydrogen) atoms. The molecule has 0 bridgehead atoms. The van der Waals surface area contributed by atoms with Crippen molar-refractivity contribution in [1.29, 1.82) is 0 Å². The quantitative estimate of drug-likeness (QED) is 0.837. The summed E-state index contributed by atoms with van der Waals surface area (Å²) in [5, 5.41) is 0. The fraction of sp³-hybridized carbons (Fsp3) is 0.625. The first-order chi connectivity index (χ1) is 9.23. The van der Waals surface area contributed by atoms with Gasteiger partial charge in [0.2, 0.25) is 10.0 Å². The van der Waals surface area contributed by atoms with Crippen molar-refractivity contribution in [3.05, 3.63) is 29.8 Å². The number of piperidine rings is 1. The van der Waals surface area contributed by atoms with Gasteiger partial charge in [0.1, 0.15) is 0 Å². The summed E-state index contributed by atoms with van der Waals surface area (Å²) < 4.78 is 27.0. The zero-order valence-electron chi connectivity index (χ0n) is 12.9. The van der Waals surface area contributed by atoms with Crippen LogP contribution in [-0.4, -0.2) is 25.3 Å². The van der Waals surface area contributed by atoms with Crippen molar-refractivity contribution >= 4 is 10.0 Å². The second-order valence-electron chi connectivity index (χ2n) is 6.73. The molecular weight excluding hydrogens is 270 g/mol. The first kappa shape index (κ1) is 15.5. The van der Waals surface area contributed by atoms with Gasteiger partial charge in [0, 0.05) is 12.6 Å². The largest absolute Gasteiger partial charge is 0.243 e. The maximum Gasteiger partial charge on any atom is 0.243 e. The van der Waals surface area contributed by atoms with E-state index in [0.29, 0.717) is 11.4 Å². The molecule has 0 unspecified atom stereocenters. The lowest BCUT2D eigenvalue weighted by atomic mass is 9.87. The molecule has 0 aromatic heterocycles. The Hall–Kier alpha value is -0.870. The molecule has 1 fully saturated rings. The van der Waals surface area contributed by atoms with Crippen LogP contribution in [-0.2, 0) is 15.4 Å². The van der Waals surface area contributed by atoms with Crippen LogP contribution in [0.1, 0.15) is 52.5 Å². The Morgan fingerprint density at radius 2 is 1.70 bits per heavy atom. The molecule has 0 radical (unpaired) electrons. The van der Waals surface area contributed by atoms with Crippen LogP contribution < -0.4 is 0 Å². The molecular formula is C16H25NO2S. The molecule has 1 heterocycles. The second-order valence-corrected chi connectivity index (χ2v) is 8.63. The van der Waals surface area contributed by atoms with Crippen molar-refractivity contribution in [2.24, 2.45) is 0 Å². The van der Waals surface area contributed by atoms with Gasteiger partial charge in [0.15, 0.2) is 0 Å². The molecule has 1 atom stereocenters. The van der Waals surface area contributed by atoms with E-state index >= 15 is 0 Å². The predicted molar refractivity (Wildman–Crippen MR) is 82.3 cm³/mol. The minimum absolute atomic E-state index is 0.0424. The third kappa shape index (κ3) is 3.07. The molecule has 1 aliphatic heterocycles. The van der Waals surface area contributed by atoms with Crippen LogP contribution in [0.15, 0.2) is 29.2 Å². The zero-order chi connectivity index (χ0) is 15.0. The molecule has 0 N–H and O–H groups in total. The minimum Gasteiger partial charge on any atom is -0.207 e. The fourth-order valence-corrected chi connectivity index (χ4v) is 4.39. The number of nitrogens with zero attached hydrogens (tertiary/aromatic N) is 1. The standard InChI is InChI=1S/C16H25NO2S/c1-13-7-5-6-12-17(13)20(18,19)15-10-8-14(9-11-15)16(2,3)4/h8-11,13H,5-7,12H2,1-4H3/t13-/m1/s1. The number of sulfonamides is 1. The predicted octanol–water partition coefficient (Wildman–Crippen LogP) is 3.55. The Morgan fingerprint density at radius 1 is 1.10 bits per heavy atom. The van der Waals surface area contributed by atoms with Crippen LogP contribution in [0.4, 0.5) is 0 Å². The lowest BCUT2D eigenvalue weighted by Crippen LogP contribution is -2.41. The van der Waals surface area contributed by atoms with Gasteiger partial charge < -0.3 is 0 Å². The highest BCUT2D eigenvalue weighted by Gasteiger charge is 2.31. The molecule has 1 aromatic carbocycles. The van der Waals surface area contributed by atoms with Crippen molar-refractivity contribution in [3.63, 3.8) is 0 Å². The van der Waals surface area contributed by atoms with Gasteiger partial charge in [-0.05, 0) is 42.9 Å². The van der Waals surface area contributed by atoms with E-state index in [1.54, 1.807) is 16.4 Å². The molecule has 4 heteroatoms. The molecule has 2 rings (SSSR count). The summed E-state index contributed by atoms with van der Waals surface area (Å²) in [6.07, 6.45) is 3.04. The van der Waals surface area contributed by atoms with E-state index in [2.05, 4.69) is 20.8 Å². The highest BCUT2D eigenvalue weighted by Crippen LogP contribution is 2.27. The van der Waals surface area contributed by atoms with E-state index in [4.69, 9.17) is 0 Å². The SMILES string of the molecule is C[C@@H]1CCCCN1S(=O)(=O)c1ccc(C(C)(C)C)cc1. The molecule has 1 saturated heterocycles. The third-order valence-corrected chi connectivity index (χ3v) is 6.10. The fourth-order valence-electron chi connectivity index (χ4n) is 2.69. The Labute approximate surface area is 123 Å². The lowest BCUT2D eigenvalue weighted by molar-refractivity contribution is 0.268. The molecule has 0 saturated carbocycles. The van der Waals surface area contributed by atoms with Crippen molar-refractivity contribution in [1.82, 2.24) is 4.31 Å². The average Bonchev–Trinajstić information content (AvgIpc) is 2.38. The highest BCUT2D eigenvalue weighted by molar-refractivity contribution is 7.89. The Bertz CT molecular complexity index is 555. The van der Waals surface area contributed by atoms with Gasteiger partial charge in [-0.3, -0.25) is 0 Å². The first-order valence-electron chi connectivity index (χ1n) is 7.35. The van der Waals surface area contributed by atoms with E-state index in [1.165, 1.54) is 0 Å². The monoisotopic (exact) mass is 295 g/mol. The van der Waals surface area contributed by atoms with Gasteiger partial charge in [0.25, 0.3) is 0 Å². The smallest absolute Gasteiger partial charge is 0.207 e. The number of rotatable bonds is 2. The van der Waals surface area contributed by atoms with Gasteiger partial charge in [-0.2, -0.15) is 4.31 Å². The highest BCUT2D eigenvalue weighted by atomic mass is 32.2. The molecule has 0 spiro atoms. The maximum absolute atomic E-state index is 12.7. The lowest BCUT2D eigenvalue weighted by Gasteiger charge is -2.32. The minimum atomic E-state index is -3.34. The Kier molecular flexibility index (Phi) is 4.26. The van der Waals surface area contributed by atoms with Crippen LogP contribution in [0.5, 0.6) is 0 Å². The summed E-state index contributed by atoms with van der Waals surface area (Å²) in [5.74, 6) is 0. The van der Waals surface area contributed by atoms with E-state index < -0.39 is 10.0 Å². The van der Waals surface area contributed by atoms with Crippen LogP contribution in [0.3, 0.4) is 0 Å². The Morgan fingerprint density at radius 3 is 2.20 bits per heavy atom. The molecule has 0 amide bonds. The average molecular weight is 295 g/mol. The van der Waals surface area contributed by atoms with Crippen molar-refractivity contribution < 1.29 is 8.42 Å². The second kappa shape index (κ2) is 5.49. The van der Waals surface area contributed by atoms with E-state index in [1.807, 2.05) is 19.1 Å². The normalized spacial score (nSPS) is 21.9. The molecule has 3 nitrogen and oxygen atoms in total. The van der Waals surface area contributed by atoms with Gasteiger partial charge in [-0.25, -0.2) is 8.42 Å². The van der Waals surface area contributed by atoms with Crippen LogP contribution in [0, 0.1) is 0 Å². The summed E-state index contributed by atoms with van der Waals surface area (Å²) in [6, 6.07) is 7.47. The van der Waals surface area contributed by atoms with Gasteiger partial charge >= 0.3 is 0 Å². The van der Waals surface area contributed by atoms with Crippen molar-refractivity contribution in [2.45, 2.75) is 63.3 Å². The summed E-state index contributed by atoms with van der Waals surface area (Å²) >= 11 is 0. The van der Waals surface area contributed by atoms with Crippen LogP contribution >= 0.6 is 0 Å². The third-order valence-electron chi connectivity index (χ3n) is 4.07. The van der Waals surface area contributed by atoms with Crippen molar-refractivity contribution in [2.75, 3.05) is 6.54 Å². The van der Waals surface area contributed by atoms with Gasteiger partial charge in [0.05, 0.1) is 4.90 Å². The van der Waals surface area contributed by atoms with Crippen molar-refractivity contribution in [3.8, 4) is 0 Å². The Balaban J connectivity index is 2.30. The van der Waals surface area contributed by atoms with Crippen LogP contribution in [0.25, 0.3) is 0 Å². The molecule has 112 valence electrons. The van der Waals surface area contributed by atoms with E-state index in [-0.39, 0.29) is 11.5 Å². The molecule has 1 aromatic rings. The summed E-state index contributed by atoms with van der Waals surface area (Å²) in [4.78, 5) is 0.416. The molecule has 1 aliphatic rings. The first-order valence-corrected chi connectivity index (χ1v) is 8.79. The van der Waals surface area contributed by atoms with Gasteiger partial charge in [-0.15, -0.1) is 0 Å². The number of hydrogen-bond donors (Lipinski definition) is 0. The van der Waals surface area contributed by atoms with Gasteiger partial charge in [-0.1, -0.05) is 39.3 Å². The number of hydrogen-bond acceptors (Lipinski definition) is 2. The maximum atomic E-state index is 12.7. The number of benzene rings is 1. The van der Waals surface area contributed by atoms with E-state index in [9.17, 15) is 8.42 Å². The summed E-state index contributed by atoms with van der Waals surface area (Å²) in [6.45, 7) is 9.03. The van der Waals surface area contributed by atoms with Crippen LogP contribution in [0.2, 0.25) is 0 Å². The topological polar surface area (TPSA) is 37.4 Å². The van der Waals surface area contributed by atoms with E-state index in [0.717, 1.165) is 24.8 Å². The molecule has 0 aliphatic carbocycles. The summed E-state index contributed by atoms with van der Waals surface area (Å²) in [7, 11) is -3.34.